The second-order valence-corrected chi connectivity index (χ2v) is 5.56. The molecule has 0 aliphatic heterocycles. The van der Waals surface area contributed by atoms with Crippen LogP contribution in [0.15, 0.2) is 24.3 Å². The first-order valence-electron chi connectivity index (χ1n) is 6.81. The van der Waals surface area contributed by atoms with E-state index in [0.717, 1.165) is 30.4 Å². The van der Waals surface area contributed by atoms with Crippen molar-refractivity contribution in [2.45, 2.75) is 37.8 Å². The van der Waals surface area contributed by atoms with E-state index in [1.54, 1.807) is 7.11 Å². The van der Waals surface area contributed by atoms with E-state index in [1.165, 1.54) is 0 Å². The maximum absolute atomic E-state index is 12.0. The Bertz CT molecular complexity index is 487. The molecule has 1 aliphatic rings. The molecule has 0 saturated heterocycles. The molecule has 0 bridgehead atoms. The van der Waals surface area contributed by atoms with Gasteiger partial charge in [0.2, 0.25) is 5.91 Å². The van der Waals surface area contributed by atoms with Gasteiger partial charge >= 0.3 is 0 Å². The number of nitrogens with two attached hydrogens (primary N) is 1. The van der Waals surface area contributed by atoms with Crippen LogP contribution < -0.4 is 11.1 Å². The van der Waals surface area contributed by atoms with Crippen LogP contribution in [0.4, 0.5) is 0 Å². The monoisotopic (exact) mass is 292 g/mol. The van der Waals surface area contributed by atoms with Gasteiger partial charge in [-0.3, -0.25) is 4.79 Å². The highest BCUT2D eigenvalue weighted by molar-refractivity contribution is 7.80. The minimum Gasteiger partial charge on any atom is -0.389 e. The summed E-state index contributed by atoms with van der Waals surface area (Å²) >= 11 is 4.90. The van der Waals surface area contributed by atoms with Gasteiger partial charge in [-0.2, -0.15) is 0 Å². The smallest absolute Gasteiger partial charge is 0.224 e. The van der Waals surface area contributed by atoms with Crippen molar-refractivity contribution >= 4 is 23.1 Å². The minimum absolute atomic E-state index is 0.0297. The number of hydrogen-bond acceptors (Lipinski definition) is 3. The van der Waals surface area contributed by atoms with Gasteiger partial charge in [0.1, 0.15) is 4.99 Å². The van der Waals surface area contributed by atoms with Crippen molar-refractivity contribution in [3.63, 3.8) is 0 Å². The lowest BCUT2D eigenvalue weighted by atomic mass is 10.1. The Kier molecular flexibility index (Phi) is 5.09. The van der Waals surface area contributed by atoms with E-state index in [2.05, 4.69) is 5.32 Å². The normalized spacial score (nSPS) is 21.6. The predicted molar refractivity (Wildman–Crippen MR) is 82.6 cm³/mol. The molecule has 108 valence electrons. The van der Waals surface area contributed by atoms with Crippen molar-refractivity contribution in [1.82, 2.24) is 5.32 Å². The highest BCUT2D eigenvalue weighted by Gasteiger charge is 2.28. The SMILES string of the molecule is COC1CCCC1NC(=O)Cc1ccc(C(N)=S)cc1. The molecule has 0 heterocycles. The highest BCUT2D eigenvalue weighted by atomic mass is 32.1. The van der Waals surface area contributed by atoms with Crippen LogP contribution in [-0.4, -0.2) is 30.2 Å². The van der Waals surface area contributed by atoms with Gasteiger partial charge in [0.05, 0.1) is 18.6 Å². The fraction of sp³-hybridized carbons (Fsp3) is 0.467. The zero-order valence-corrected chi connectivity index (χ0v) is 12.4. The predicted octanol–water partition coefficient (Wildman–Crippen LogP) is 1.55. The van der Waals surface area contributed by atoms with E-state index < -0.39 is 0 Å². The van der Waals surface area contributed by atoms with Crippen molar-refractivity contribution in [1.29, 1.82) is 0 Å². The number of benzene rings is 1. The summed E-state index contributed by atoms with van der Waals surface area (Å²) in [5, 5.41) is 3.05. The Morgan fingerprint density at radius 1 is 1.40 bits per heavy atom. The molecular weight excluding hydrogens is 272 g/mol. The number of rotatable bonds is 5. The van der Waals surface area contributed by atoms with Crippen LogP contribution in [0.5, 0.6) is 0 Å². The molecule has 1 aliphatic carbocycles. The molecule has 20 heavy (non-hydrogen) atoms. The van der Waals surface area contributed by atoms with Crippen LogP contribution in [0.2, 0.25) is 0 Å². The van der Waals surface area contributed by atoms with Gasteiger partial charge in [0.15, 0.2) is 0 Å². The number of methoxy groups -OCH3 is 1. The summed E-state index contributed by atoms with van der Waals surface area (Å²) in [7, 11) is 1.70. The summed E-state index contributed by atoms with van der Waals surface area (Å²) in [4.78, 5) is 12.4. The van der Waals surface area contributed by atoms with Gasteiger partial charge in [-0.15, -0.1) is 0 Å². The number of nitrogens with one attached hydrogen (secondary N) is 1. The van der Waals surface area contributed by atoms with Crippen LogP contribution in [0.1, 0.15) is 30.4 Å². The molecule has 2 rings (SSSR count). The Hall–Kier alpha value is -1.46. The third-order valence-corrected chi connectivity index (χ3v) is 3.94. The zero-order chi connectivity index (χ0) is 14.5. The van der Waals surface area contributed by atoms with Gasteiger partial charge in [-0.05, 0) is 24.8 Å². The van der Waals surface area contributed by atoms with Crippen LogP contribution in [0, 0.1) is 0 Å². The molecule has 5 heteroatoms. The van der Waals surface area contributed by atoms with Crippen LogP contribution >= 0.6 is 12.2 Å². The molecule has 0 aromatic heterocycles. The summed E-state index contributed by atoms with van der Waals surface area (Å²) < 4.78 is 5.37. The summed E-state index contributed by atoms with van der Waals surface area (Å²) in [5.74, 6) is 0.0297. The van der Waals surface area contributed by atoms with Gasteiger partial charge in [0.25, 0.3) is 0 Å². The molecule has 3 N–H and O–H groups in total. The third kappa shape index (κ3) is 3.77. The second kappa shape index (κ2) is 6.81. The Balaban J connectivity index is 1.89. The summed E-state index contributed by atoms with van der Waals surface area (Å²) in [5.41, 5.74) is 7.31. The Morgan fingerprint density at radius 2 is 2.10 bits per heavy atom. The molecule has 1 amide bonds. The lowest BCUT2D eigenvalue weighted by Gasteiger charge is -2.19. The molecule has 0 radical (unpaired) electrons. The largest absolute Gasteiger partial charge is 0.389 e. The van der Waals surface area contributed by atoms with E-state index in [4.69, 9.17) is 22.7 Å². The standard InChI is InChI=1S/C15H20N2O2S/c1-19-13-4-2-3-12(13)17-14(18)9-10-5-7-11(8-6-10)15(16)20/h5-8,12-13H,2-4,9H2,1H3,(H2,16,20)(H,17,18). The zero-order valence-electron chi connectivity index (χ0n) is 11.6. The molecule has 2 atom stereocenters. The van der Waals surface area contributed by atoms with Crippen molar-refractivity contribution in [3.8, 4) is 0 Å². The number of amides is 1. The molecule has 1 saturated carbocycles. The lowest BCUT2D eigenvalue weighted by Crippen LogP contribution is -2.41. The van der Waals surface area contributed by atoms with Crippen molar-refractivity contribution in [2.75, 3.05) is 7.11 Å². The van der Waals surface area contributed by atoms with Gasteiger partial charge in [0, 0.05) is 12.7 Å². The van der Waals surface area contributed by atoms with Gasteiger partial charge < -0.3 is 15.8 Å². The molecule has 1 aromatic carbocycles. The molecular formula is C15H20N2O2S. The van der Waals surface area contributed by atoms with Crippen LogP contribution in [0.25, 0.3) is 0 Å². The maximum Gasteiger partial charge on any atom is 0.224 e. The Labute approximate surface area is 124 Å². The third-order valence-electron chi connectivity index (χ3n) is 3.70. The van der Waals surface area contributed by atoms with E-state index >= 15 is 0 Å². The molecule has 1 aromatic rings. The Morgan fingerprint density at radius 3 is 2.70 bits per heavy atom. The lowest BCUT2D eigenvalue weighted by molar-refractivity contribution is -0.121. The topological polar surface area (TPSA) is 64.3 Å². The van der Waals surface area contributed by atoms with E-state index in [0.29, 0.717) is 11.4 Å². The van der Waals surface area contributed by atoms with E-state index in [9.17, 15) is 4.79 Å². The number of carbonyl (C=O) groups is 1. The molecule has 1 fully saturated rings. The first-order chi connectivity index (χ1) is 9.60. The fourth-order valence-electron chi connectivity index (χ4n) is 2.60. The highest BCUT2D eigenvalue weighted by Crippen LogP contribution is 2.21. The van der Waals surface area contributed by atoms with E-state index in [1.807, 2.05) is 24.3 Å². The summed E-state index contributed by atoms with van der Waals surface area (Å²) in [6.45, 7) is 0. The molecule has 4 nitrogen and oxygen atoms in total. The van der Waals surface area contributed by atoms with Gasteiger partial charge in [-0.25, -0.2) is 0 Å². The van der Waals surface area contributed by atoms with Crippen molar-refractivity contribution in [2.24, 2.45) is 5.73 Å². The molecule has 2 unspecified atom stereocenters. The minimum atomic E-state index is 0.0297. The summed E-state index contributed by atoms with van der Waals surface area (Å²) in [6.07, 6.45) is 3.63. The first kappa shape index (κ1) is 14.9. The number of carbonyl (C=O) groups excluding carboxylic acids is 1. The van der Waals surface area contributed by atoms with Crippen LogP contribution in [0.3, 0.4) is 0 Å². The average molecular weight is 292 g/mol. The second-order valence-electron chi connectivity index (χ2n) is 5.12. The summed E-state index contributed by atoms with van der Waals surface area (Å²) in [6, 6.07) is 7.60. The number of ether oxygens (including phenoxy) is 1. The quantitative estimate of drug-likeness (QED) is 0.808. The van der Waals surface area contributed by atoms with E-state index in [-0.39, 0.29) is 18.1 Å². The van der Waals surface area contributed by atoms with Gasteiger partial charge in [-0.1, -0.05) is 36.5 Å². The molecule has 0 spiro atoms. The van der Waals surface area contributed by atoms with Crippen molar-refractivity contribution in [3.05, 3.63) is 35.4 Å². The number of thiocarbonyl (C=S) groups is 1. The van der Waals surface area contributed by atoms with Crippen LogP contribution in [-0.2, 0) is 16.0 Å². The fourth-order valence-corrected chi connectivity index (χ4v) is 2.74. The first-order valence-corrected chi connectivity index (χ1v) is 7.22. The van der Waals surface area contributed by atoms with Crippen molar-refractivity contribution < 1.29 is 9.53 Å². The maximum atomic E-state index is 12.0. The number of hydrogen-bond donors (Lipinski definition) is 2. The average Bonchev–Trinajstić information content (AvgIpc) is 2.86.